The average Bonchev–Trinajstić information content (AvgIpc) is 3.44. The molecule has 1 atom stereocenters. The minimum absolute atomic E-state index is 0.0516. The number of aromatic nitrogens is 1. The van der Waals surface area contributed by atoms with Crippen LogP contribution >= 0.6 is 0 Å². The number of hydrogen-bond donors (Lipinski definition) is 2. The zero-order valence-corrected chi connectivity index (χ0v) is 20.2. The third-order valence-corrected chi connectivity index (χ3v) is 6.69. The molecule has 0 spiro atoms. The normalized spacial score (nSPS) is 16.8. The lowest BCUT2D eigenvalue weighted by Crippen LogP contribution is -2.32. The largest absolute Gasteiger partial charge is 0.507 e. The summed E-state index contributed by atoms with van der Waals surface area (Å²) in [6, 6.07) is 15.0. The van der Waals surface area contributed by atoms with Gasteiger partial charge in [0.15, 0.2) is 0 Å². The number of nitro groups is 1. The van der Waals surface area contributed by atoms with Crippen molar-refractivity contribution in [1.82, 2.24) is 9.88 Å². The molecule has 0 aliphatic carbocycles. The Morgan fingerprint density at radius 1 is 1.13 bits per heavy atom. The maximum Gasteiger partial charge on any atom is 0.295 e. The molecular weight excluding hydrogens is 493 g/mol. The summed E-state index contributed by atoms with van der Waals surface area (Å²) in [4.78, 5) is 41.2. The van der Waals surface area contributed by atoms with Crippen molar-refractivity contribution >= 4 is 34.0 Å². The summed E-state index contributed by atoms with van der Waals surface area (Å²) in [6.45, 7) is 0.0603. The number of aliphatic hydroxyl groups excluding tert-OH is 1. The molecule has 2 heterocycles. The SMILES string of the molecule is COc1ccc2[nH]cc(CCN3C(=O)C(=O)C(=C(O)c4ccc([N+](=O)[O-])cc4)[C@H]3c3ccccc3F)c2c1. The van der Waals surface area contributed by atoms with Gasteiger partial charge in [-0.05, 0) is 48.4 Å². The number of H-pyrrole nitrogens is 1. The number of nitro benzene ring substituents is 1. The van der Waals surface area contributed by atoms with Crippen molar-refractivity contribution in [2.45, 2.75) is 12.5 Å². The lowest BCUT2D eigenvalue weighted by Gasteiger charge is -2.25. The maximum atomic E-state index is 15.0. The lowest BCUT2D eigenvalue weighted by molar-refractivity contribution is -0.384. The molecule has 0 bridgehead atoms. The number of amides is 1. The van der Waals surface area contributed by atoms with Gasteiger partial charge in [-0.1, -0.05) is 18.2 Å². The number of carbonyl (C=O) groups is 2. The predicted molar refractivity (Wildman–Crippen MR) is 137 cm³/mol. The number of fused-ring (bicyclic) bond motifs is 1. The predicted octanol–water partition coefficient (Wildman–Crippen LogP) is 4.89. The second-order valence-electron chi connectivity index (χ2n) is 8.79. The molecule has 9 nitrogen and oxygen atoms in total. The number of Topliss-reactive ketones (excluding diaryl/α,β-unsaturated/α-hetero) is 1. The van der Waals surface area contributed by atoms with Crippen LogP contribution in [-0.2, 0) is 16.0 Å². The number of nitrogens with zero attached hydrogens (tertiary/aromatic N) is 2. The molecule has 10 heteroatoms. The van der Waals surface area contributed by atoms with Crippen LogP contribution in [0.15, 0.2) is 78.5 Å². The molecule has 1 aliphatic rings. The zero-order chi connectivity index (χ0) is 27.0. The number of non-ortho nitro benzene ring substituents is 1. The number of hydrogen-bond acceptors (Lipinski definition) is 6. The molecule has 0 saturated carbocycles. The van der Waals surface area contributed by atoms with Crippen LogP contribution in [0.25, 0.3) is 16.7 Å². The monoisotopic (exact) mass is 515 g/mol. The molecule has 3 aromatic carbocycles. The van der Waals surface area contributed by atoms with Gasteiger partial charge in [0.05, 0.1) is 23.6 Å². The van der Waals surface area contributed by atoms with E-state index in [0.717, 1.165) is 16.5 Å². The minimum atomic E-state index is -1.19. The van der Waals surface area contributed by atoms with Gasteiger partial charge in [0.2, 0.25) is 0 Å². The number of aliphatic hydroxyl groups is 1. The first kappa shape index (κ1) is 24.7. The van der Waals surface area contributed by atoms with Gasteiger partial charge in [0, 0.05) is 46.9 Å². The Kier molecular flexibility index (Phi) is 6.38. The fourth-order valence-corrected chi connectivity index (χ4v) is 4.76. The van der Waals surface area contributed by atoms with E-state index in [-0.39, 0.29) is 28.9 Å². The van der Waals surface area contributed by atoms with E-state index in [1.165, 1.54) is 47.4 Å². The van der Waals surface area contributed by atoms with Crippen LogP contribution in [0.3, 0.4) is 0 Å². The molecular formula is C28H22FN3O6. The topological polar surface area (TPSA) is 126 Å². The van der Waals surface area contributed by atoms with Gasteiger partial charge >= 0.3 is 0 Å². The molecule has 0 radical (unpaired) electrons. The molecule has 0 unspecified atom stereocenters. The highest BCUT2D eigenvalue weighted by Gasteiger charge is 2.46. The molecule has 192 valence electrons. The number of nitrogens with one attached hydrogen (secondary N) is 1. The second-order valence-corrected chi connectivity index (χ2v) is 8.79. The fraction of sp³-hybridized carbons (Fsp3) is 0.143. The third kappa shape index (κ3) is 4.26. The summed E-state index contributed by atoms with van der Waals surface area (Å²) in [6.07, 6.45) is 2.14. The van der Waals surface area contributed by atoms with Crippen LogP contribution in [0, 0.1) is 15.9 Å². The van der Waals surface area contributed by atoms with Crippen LogP contribution in [0.5, 0.6) is 5.75 Å². The van der Waals surface area contributed by atoms with Crippen molar-refractivity contribution in [3.05, 3.63) is 111 Å². The van der Waals surface area contributed by atoms with Gasteiger partial charge in [-0.2, -0.15) is 0 Å². The summed E-state index contributed by atoms with van der Waals surface area (Å²) in [5.74, 6) is -2.36. The van der Waals surface area contributed by atoms with Crippen LogP contribution in [0.2, 0.25) is 0 Å². The van der Waals surface area contributed by atoms with Crippen molar-refractivity contribution in [2.75, 3.05) is 13.7 Å². The Hall–Kier alpha value is -4.99. The Morgan fingerprint density at radius 3 is 2.55 bits per heavy atom. The van der Waals surface area contributed by atoms with Crippen molar-refractivity contribution in [3.63, 3.8) is 0 Å². The van der Waals surface area contributed by atoms with Crippen LogP contribution in [0.4, 0.5) is 10.1 Å². The first-order valence-electron chi connectivity index (χ1n) is 11.7. The number of rotatable bonds is 7. The van der Waals surface area contributed by atoms with Crippen molar-refractivity contribution in [3.8, 4) is 5.75 Å². The Bertz CT molecular complexity index is 1610. The van der Waals surface area contributed by atoms with Crippen LogP contribution in [-0.4, -0.2) is 45.3 Å². The van der Waals surface area contributed by atoms with Crippen LogP contribution < -0.4 is 4.74 Å². The first-order valence-corrected chi connectivity index (χ1v) is 11.7. The Balaban J connectivity index is 1.56. The summed E-state index contributed by atoms with van der Waals surface area (Å²) in [7, 11) is 1.56. The number of benzene rings is 3. The minimum Gasteiger partial charge on any atom is -0.507 e. The molecule has 1 saturated heterocycles. The number of ether oxygens (including phenoxy) is 1. The van der Waals surface area contributed by atoms with Crippen molar-refractivity contribution in [1.29, 1.82) is 0 Å². The van der Waals surface area contributed by atoms with E-state index in [1.54, 1.807) is 19.4 Å². The van der Waals surface area contributed by atoms with Gasteiger partial charge < -0.3 is 19.7 Å². The molecule has 1 fully saturated rings. The summed E-state index contributed by atoms with van der Waals surface area (Å²) in [5.41, 5.74) is 1.39. The van der Waals surface area contributed by atoms with E-state index in [4.69, 9.17) is 4.74 Å². The molecule has 2 N–H and O–H groups in total. The van der Waals surface area contributed by atoms with E-state index >= 15 is 4.39 Å². The standard InChI is InChI=1S/C28H22FN3O6/c1-38-19-10-11-23-21(14-19)17(15-30-23)12-13-31-25(20-4-2-3-5-22(20)29)24(27(34)28(31)35)26(33)16-6-8-18(9-7-16)32(36)37/h2-11,14-15,25,30,33H,12-13H2,1H3/t25-/m1/s1. The van der Waals surface area contributed by atoms with E-state index in [2.05, 4.69) is 4.98 Å². The number of carbonyl (C=O) groups excluding carboxylic acids is 2. The number of methoxy groups -OCH3 is 1. The second kappa shape index (κ2) is 9.81. The van der Waals surface area contributed by atoms with Gasteiger partial charge in [0.1, 0.15) is 17.3 Å². The van der Waals surface area contributed by atoms with E-state index in [1.807, 2.05) is 18.2 Å². The zero-order valence-electron chi connectivity index (χ0n) is 20.2. The lowest BCUT2D eigenvalue weighted by atomic mass is 9.94. The van der Waals surface area contributed by atoms with Crippen LogP contribution in [0.1, 0.15) is 22.7 Å². The van der Waals surface area contributed by atoms with E-state index < -0.39 is 34.2 Å². The molecule has 1 aromatic heterocycles. The summed E-state index contributed by atoms with van der Waals surface area (Å²) >= 11 is 0. The van der Waals surface area contributed by atoms with Crippen molar-refractivity contribution < 1.29 is 28.7 Å². The number of halogens is 1. The smallest absolute Gasteiger partial charge is 0.295 e. The molecule has 1 aliphatic heterocycles. The van der Waals surface area contributed by atoms with Crippen molar-refractivity contribution in [2.24, 2.45) is 0 Å². The highest BCUT2D eigenvalue weighted by molar-refractivity contribution is 6.46. The quantitative estimate of drug-likeness (QED) is 0.119. The van der Waals surface area contributed by atoms with Gasteiger partial charge in [-0.25, -0.2) is 4.39 Å². The van der Waals surface area contributed by atoms with Gasteiger partial charge in [-0.3, -0.25) is 19.7 Å². The average molecular weight is 515 g/mol. The molecule has 38 heavy (non-hydrogen) atoms. The number of aromatic amines is 1. The maximum absolute atomic E-state index is 15.0. The number of ketones is 1. The third-order valence-electron chi connectivity index (χ3n) is 6.69. The van der Waals surface area contributed by atoms with Gasteiger partial charge in [0.25, 0.3) is 17.4 Å². The summed E-state index contributed by atoms with van der Waals surface area (Å²) < 4.78 is 20.3. The molecule has 4 aromatic rings. The Labute approximate surface area is 215 Å². The van der Waals surface area contributed by atoms with E-state index in [9.17, 15) is 24.8 Å². The first-order chi connectivity index (χ1) is 18.3. The van der Waals surface area contributed by atoms with E-state index in [0.29, 0.717) is 12.2 Å². The molecule has 5 rings (SSSR count). The Morgan fingerprint density at radius 2 is 1.87 bits per heavy atom. The number of likely N-dealkylation sites (tertiary alicyclic amines) is 1. The highest BCUT2D eigenvalue weighted by Crippen LogP contribution is 2.40. The molecule has 1 amide bonds. The fourth-order valence-electron chi connectivity index (χ4n) is 4.76. The highest BCUT2D eigenvalue weighted by atomic mass is 19.1. The summed E-state index contributed by atoms with van der Waals surface area (Å²) in [5, 5.41) is 23.0. The van der Waals surface area contributed by atoms with Gasteiger partial charge in [-0.15, -0.1) is 0 Å².